The second-order valence-corrected chi connectivity index (χ2v) is 9.47. The molecule has 0 atom stereocenters. The van der Waals surface area contributed by atoms with E-state index in [0.29, 0.717) is 0 Å². The van der Waals surface area contributed by atoms with Crippen LogP contribution >= 0.6 is 0 Å². The van der Waals surface area contributed by atoms with Crippen LogP contribution in [0.3, 0.4) is 0 Å². The van der Waals surface area contributed by atoms with Gasteiger partial charge in [0, 0.05) is 58.0 Å². The molecule has 0 saturated carbocycles. The maximum absolute atomic E-state index is 11.4. The van der Waals surface area contributed by atoms with E-state index in [9.17, 15) is 4.79 Å². The molecule has 1 amide bonds. The summed E-state index contributed by atoms with van der Waals surface area (Å²) >= 11 is 0. The van der Waals surface area contributed by atoms with Crippen LogP contribution < -0.4 is 10.6 Å². The average molecular weight is 435 g/mol. The lowest BCUT2D eigenvalue weighted by atomic mass is 9.95. The number of hydrogen-bond donors (Lipinski definition) is 1. The van der Waals surface area contributed by atoms with Crippen LogP contribution in [0.2, 0.25) is 0 Å². The van der Waals surface area contributed by atoms with Crippen LogP contribution in [0.4, 0.5) is 11.8 Å². The highest BCUT2D eigenvalue weighted by Gasteiger charge is 2.19. The van der Waals surface area contributed by atoms with Crippen molar-refractivity contribution in [3.63, 3.8) is 0 Å². The van der Waals surface area contributed by atoms with E-state index in [0.717, 1.165) is 57.2 Å². The summed E-state index contributed by atoms with van der Waals surface area (Å²) in [6.07, 6.45) is 1.70. The first kappa shape index (κ1) is 23.6. The van der Waals surface area contributed by atoms with E-state index >= 15 is 0 Å². The van der Waals surface area contributed by atoms with E-state index in [-0.39, 0.29) is 17.3 Å². The number of carbonyl (C=O) groups excluding carboxylic acids is 1. The molecule has 1 saturated heterocycles. The number of piperazine rings is 1. The Morgan fingerprint density at radius 1 is 1.12 bits per heavy atom. The summed E-state index contributed by atoms with van der Waals surface area (Å²) in [5, 5.41) is 0. The number of amides is 1. The Labute approximate surface area is 191 Å². The van der Waals surface area contributed by atoms with Crippen LogP contribution in [-0.2, 0) is 11.3 Å². The molecule has 1 fully saturated rings. The van der Waals surface area contributed by atoms with Crippen molar-refractivity contribution >= 4 is 17.7 Å². The fourth-order valence-corrected chi connectivity index (χ4v) is 3.72. The van der Waals surface area contributed by atoms with Crippen LogP contribution in [0.15, 0.2) is 36.5 Å². The third-order valence-electron chi connectivity index (χ3n) is 5.33. The molecule has 3 rings (SSSR count). The zero-order chi connectivity index (χ0) is 23.1. The molecule has 0 spiro atoms. The molecule has 2 aromatic rings. The number of benzene rings is 1. The molecule has 1 aliphatic rings. The number of anilines is 2. The highest BCUT2D eigenvalue weighted by Crippen LogP contribution is 2.22. The third kappa shape index (κ3) is 7.24. The molecule has 7 nitrogen and oxygen atoms in total. The summed E-state index contributed by atoms with van der Waals surface area (Å²) in [5.41, 5.74) is 8.12. The van der Waals surface area contributed by atoms with Gasteiger partial charge in [0.15, 0.2) is 0 Å². The average Bonchev–Trinajstić information content (AvgIpc) is 2.74. The summed E-state index contributed by atoms with van der Waals surface area (Å²) in [7, 11) is 0. The van der Waals surface area contributed by atoms with Gasteiger partial charge in [-0.15, -0.1) is 0 Å². The first-order valence-electron chi connectivity index (χ1n) is 11.1. The van der Waals surface area contributed by atoms with Crippen molar-refractivity contribution in [1.29, 1.82) is 0 Å². The smallest absolute Gasteiger partial charge is 0.221 e. The number of nitrogens with zero attached hydrogens (tertiary/aromatic N) is 5. The molecule has 0 bridgehead atoms. The largest absolute Gasteiger partial charge is 0.368 e. The maximum Gasteiger partial charge on any atom is 0.221 e. The van der Waals surface area contributed by atoms with Crippen molar-refractivity contribution in [2.24, 2.45) is 5.41 Å². The predicted octanol–water partition coefficient (Wildman–Crippen LogP) is 2.63. The Kier molecular flexibility index (Phi) is 7.70. The highest BCUT2D eigenvalue weighted by molar-refractivity contribution is 5.73. The van der Waals surface area contributed by atoms with Crippen LogP contribution in [0.1, 0.15) is 38.8 Å². The Balaban J connectivity index is 1.59. The minimum Gasteiger partial charge on any atom is -0.368 e. The number of carbonyl (C=O) groups is 1. The molecule has 2 N–H and O–H groups in total. The number of hydrogen-bond acceptors (Lipinski definition) is 6. The zero-order valence-electron chi connectivity index (χ0n) is 19.6. The van der Waals surface area contributed by atoms with Crippen LogP contribution in [0.25, 0.3) is 0 Å². The molecular formula is C25H34N6O. The molecule has 170 valence electrons. The predicted molar refractivity (Wildman–Crippen MR) is 129 cm³/mol. The molecule has 0 aliphatic carbocycles. The third-order valence-corrected chi connectivity index (χ3v) is 5.33. The maximum atomic E-state index is 11.4. The Hall–Kier alpha value is -3.11. The van der Waals surface area contributed by atoms with Crippen LogP contribution in [-0.4, -0.2) is 64.9 Å². The fourth-order valence-electron chi connectivity index (χ4n) is 3.72. The number of nitrogen functional groups attached to an aromatic ring is 1. The van der Waals surface area contributed by atoms with Crippen molar-refractivity contribution in [2.45, 2.75) is 34.2 Å². The molecular weight excluding hydrogens is 400 g/mol. The zero-order valence-corrected chi connectivity index (χ0v) is 19.6. The Bertz CT molecular complexity index is 962. The van der Waals surface area contributed by atoms with Gasteiger partial charge in [-0.1, -0.05) is 44.7 Å². The van der Waals surface area contributed by atoms with E-state index in [1.54, 1.807) is 13.1 Å². The van der Waals surface area contributed by atoms with Gasteiger partial charge >= 0.3 is 0 Å². The van der Waals surface area contributed by atoms with Crippen molar-refractivity contribution in [3.8, 4) is 11.8 Å². The first-order chi connectivity index (χ1) is 15.2. The van der Waals surface area contributed by atoms with Crippen molar-refractivity contribution < 1.29 is 4.79 Å². The topological polar surface area (TPSA) is 78.6 Å². The second-order valence-electron chi connectivity index (χ2n) is 9.47. The lowest BCUT2D eigenvalue weighted by Crippen LogP contribution is -2.47. The minimum absolute atomic E-state index is 0.112. The summed E-state index contributed by atoms with van der Waals surface area (Å²) < 4.78 is 0. The number of rotatable bonds is 5. The minimum atomic E-state index is 0.112. The van der Waals surface area contributed by atoms with E-state index in [1.807, 2.05) is 11.0 Å². The lowest BCUT2D eigenvalue weighted by Gasteiger charge is -2.32. The van der Waals surface area contributed by atoms with Gasteiger partial charge in [0.1, 0.15) is 5.82 Å². The summed E-state index contributed by atoms with van der Waals surface area (Å²) in [4.78, 5) is 26.3. The normalized spacial score (nSPS) is 14.6. The quantitative estimate of drug-likeness (QED) is 0.729. The summed E-state index contributed by atoms with van der Waals surface area (Å²) in [5.74, 6) is 7.81. The molecule has 1 aromatic carbocycles. The highest BCUT2D eigenvalue weighted by atomic mass is 16.2. The van der Waals surface area contributed by atoms with Gasteiger partial charge in [0.2, 0.25) is 11.9 Å². The molecule has 1 aromatic heterocycles. The van der Waals surface area contributed by atoms with Gasteiger partial charge < -0.3 is 15.5 Å². The molecule has 2 heterocycles. The van der Waals surface area contributed by atoms with Crippen molar-refractivity contribution in [2.75, 3.05) is 49.9 Å². The van der Waals surface area contributed by atoms with Crippen molar-refractivity contribution in [1.82, 2.24) is 19.8 Å². The van der Waals surface area contributed by atoms with Gasteiger partial charge in [-0.2, -0.15) is 4.98 Å². The summed E-state index contributed by atoms with van der Waals surface area (Å²) in [6.45, 7) is 13.9. The van der Waals surface area contributed by atoms with Gasteiger partial charge in [-0.05, 0) is 29.2 Å². The van der Waals surface area contributed by atoms with Gasteiger partial charge in [0.25, 0.3) is 0 Å². The fraction of sp³-hybridized carbons (Fsp3) is 0.480. The molecule has 0 radical (unpaired) electrons. The monoisotopic (exact) mass is 434 g/mol. The van der Waals surface area contributed by atoms with Gasteiger partial charge in [-0.3, -0.25) is 9.69 Å². The number of nitrogens with two attached hydrogens (primary N) is 1. The van der Waals surface area contributed by atoms with Crippen molar-refractivity contribution in [3.05, 3.63) is 47.7 Å². The first-order valence-corrected chi connectivity index (χ1v) is 11.1. The van der Waals surface area contributed by atoms with Crippen LogP contribution in [0.5, 0.6) is 0 Å². The van der Waals surface area contributed by atoms with E-state index in [1.165, 1.54) is 5.56 Å². The SMILES string of the molecule is CC(=O)N1CCN(CC#Cc2ccc(CN(CC(C)(C)C)c3ccnc(N)n3)cc2)CC1. The molecule has 32 heavy (non-hydrogen) atoms. The lowest BCUT2D eigenvalue weighted by molar-refractivity contribution is -0.130. The summed E-state index contributed by atoms with van der Waals surface area (Å²) in [6, 6.07) is 10.3. The Morgan fingerprint density at radius 2 is 1.81 bits per heavy atom. The van der Waals surface area contributed by atoms with E-state index in [2.05, 4.69) is 76.6 Å². The molecule has 0 unspecified atom stereocenters. The number of aromatic nitrogens is 2. The second kappa shape index (κ2) is 10.5. The van der Waals surface area contributed by atoms with Crippen LogP contribution in [0, 0.1) is 17.3 Å². The van der Waals surface area contributed by atoms with Gasteiger partial charge in [-0.25, -0.2) is 4.98 Å². The Morgan fingerprint density at radius 3 is 2.41 bits per heavy atom. The van der Waals surface area contributed by atoms with E-state index in [4.69, 9.17) is 5.73 Å². The van der Waals surface area contributed by atoms with Gasteiger partial charge in [0.05, 0.1) is 6.54 Å². The van der Waals surface area contributed by atoms with E-state index < -0.39 is 0 Å². The molecule has 7 heteroatoms. The standard InChI is InChI=1S/C25H34N6O/c1-20(32)30-16-14-29(15-17-30)13-5-6-21-7-9-22(10-8-21)18-31(19-25(2,3)4)23-11-12-27-24(26)28-23/h7-12H,13-19H2,1-4H3,(H2,26,27,28). The molecule has 1 aliphatic heterocycles.